The number of hydrogen-bond donors (Lipinski definition) is 2. The van der Waals surface area contributed by atoms with Crippen LogP contribution in [-0.4, -0.2) is 20.9 Å². The maximum Gasteiger partial charge on any atom is 0.351 e. The van der Waals surface area contributed by atoms with E-state index in [1.807, 2.05) is 0 Å². The van der Waals surface area contributed by atoms with Crippen molar-refractivity contribution in [1.29, 1.82) is 0 Å². The number of aldehydes is 1. The molecule has 1 aliphatic heterocycles. The first-order valence-corrected chi connectivity index (χ1v) is 3.91. The summed E-state index contributed by atoms with van der Waals surface area (Å²) in [5.41, 5.74) is -0.512. The van der Waals surface area contributed by atoms with Gasteiger partial charge in [-0.15, -0.1) is 0 Å². The number of anilines is 1. The SMILES string of the molecule is O=CC1=CNc2ccnc(=O)n2C1O. The van der Waals surface area contributed by atoms with Crippen LogP contribution in [0.5, 0.6) is 0 Å². The Kier molecular flexibility index (Phi) is 1.90. The maximum absolute atomic E-state index is 11.2. The molecule has 0 radical (unpaired) electrons. The fraction of sp³-hybridized carbons (Fsp3) is 0.125. The maximum atomic E-state index is 11.2. The van der Waals surface area contributed by atoms with Crippen molar-refractivity contribution in [2.45, 2.75) is 6.23 Å². The van der Waals surface area contributed by atoms with Crippen molar-refractivity contribution in [3.05, 3.63) is 34.5 Å². The highest BCUT2D eigenvalue weighted by Crippen LogP contribution is 2.20. The highest BCUT2D eigenvalue weighted by atomic mass is 16.3. The zero-order valence-electron chi connectivity index (χ0n) is 7.04. The van der Waals surface area contributed by atoms with E-state index in [2.05, 4.69) is 10.3 Å². The fourth-order valence-electron chi connectivity index (χ4n) is 1.25. The molecule has 1 unspecified atom stereocenters. The molecule has 2 heterocycles. The van der Waals surface area contributed by atoms with Gasteiger partial charge in [0.1, 0.15) is 5.82 Å². The summed E-state index contributed by atoms with van der Waals surface area (Å²) in [7, 11) is 0. The van der Waals surface area contributed by atoms with Gasteiger partial charge < -0.3 is 10.4 Å². The van der Waals surface area contributed by atoms with Crippen molar-refractivity contribution in [3.8, 4) is 0 Å². The normalized spacial score (nSPS) is 19.2. The largest absolute Gasteiger partial charge is 0.369 e. The molecule has 14 heavy (non-hydrogen) atoms. The van der Waals surface area contributed by atoms with Crippen molar-refractivity contribution < 1.29 is 9.90 Å². The second-order valence-electron chi connectivity index (χ2n) is 2.76. The van der Waals surface area contributed by atoms with Crippen molar-refractivity contribution in [2.75, 3.05) is 5.32 Å². The minimum absolute atomic E-state index is 0.0904. The van der Waals surface area contributed by atoms with Gasteiger partial charge in [0, 0.05) is 12.4 Å². The van der Waals surface area contributed by atoms with Gasteiger partial charge >= 0.3 is 5.69 Å². The Bertz CT molecular complexity index is 463. The summed E-state index contributed by atoms with van der Waals surface area (Å²) < 4.78 is 1.00. The van der Waals surface area contributed by atoms with Crippen LogP contribution < -0.4 is 11.0 Å². The molecule has 0 saturated heterocycles. The smallest absolute Gasteiger partial charge is 0.351 e. The summed E-state index contributed by atoms with van der Waals surface area (Å²) in [5, 5.41) is 12.3. The number of rotatable bonds is 1. The third kappa shape index (κ3) is 1.12. The third-order valence-electron chi connectivity index (χ3n) is 1.95. The van der Waals surface area contributed by atoms with Gasteiger partial charge in [0.15, 0.2) is 12.5 Å². The van der Waals surface area contributed by atoms with E-state index in [0.717, 1.165) is 4.57 Å². The van der Waals surface area contributed by atoms with Crippen LogP contribution in [0.4, 0.5) is 5.82 Å². The zero-order chi connectivity index (χ0) is 10.1. The molecule has 0 bridgehead atoms. The van der Waals surface area contributed by atoms with E-state index in [9.17, 15) is 14.7 Å². The number of aliphatic hydroxyl groups excluding tert-OH is 1. The summed E-state index contributed by atoms with van der Waals surface area (Å²) >= 11 is 0. The number of aliphatic hydroxyl groups is 1. The number of aromatic nitrogens is 2. The lowest BCUT2D eigenvalue weighted by atomic mass is 10.2. The van der Waals surface area contributed by atoms with E-state index < -0.39 is 11.9 Å². The highest BCUT2D eigenvalue weighted by molar-refractivity contribution is 5.76. The number of fused-ring (bicyclic) bond motifs is 1. The van der Waals surface area contributed by atoms with Gasteiger partial charge in [0.2, 0.25) is 0 Å². The summed E-state index contributed by atoms with van der Waals surface area (Å²) in [5.74, 6) is 0.406. The molecule has 1 aliphatic rings. The van der Waals surface area contributed by atoms with Gasteiger partial charge in [-0.2, -0.15) is 0 Å². The van der Waals surface area contributed by atoms with E-state index in [-0.39, 0.29) is 5.57 Å². The number of carbonyl (C=O) groups excluding carboxylic acids is 1. The molecule has 2 N–H and O–H groups in total. The topological polar surface area (TPSA) is 84.2 Å². The van der Waals surface area contributed by atoms with Gasteiger partial charge in [-0.05, 0) is 6.07 Å². The van der Waals surface area contributed by atoms with E-state index in [1.54, 1.807) is 0 Å². The third-order valence-corrected chi connectivity index (χ3v) is 1.95. The average molecular weight is 193 g/mol. The van der Waals surface area contributed by atoms with Crippen LogP contribution in [0.25, 0.3) is 0 Å². The highest BCUT2D eigenvalue weighted by Gasteiger charge is 2.20. The summed E-state index contributed by atoms with van der Waals surface area (Å²) in [4.78, 5) is 25.2. The van der Waals surface area contributed by atoms with Crippen LogP contribution in [0, 0.1) is 0 Å². The van der Waals surface area contributed by atoms with E-state index in [4.69, 9.17) is 0 Å². The van der Waals surface area contributed by atoms with E-state index >= 15 is 0 Å². The Morgan fingerprint density at radius 3 is 3.14 bits per heavy atom. The molecular formula is C8H7N3O3. The van der Waals surface area contributed by atoms with Crippen molar-refractivity contribution in [1.82, 2.24) is 9.55 Å². The monoisotopic (exact) mass is 193 g/mol. The zero-order valence-corrected chi connectivity index (χ0v) is 7.04. The summed E-state index contributed by atoms with van der Waals surface area (Å²) in [6.45, 7) is 0. The van der Waals surface area contributed by atoms with Gasteiger partial charge in [-0.25, -0.2) is 14.3 Å². The molecule has 72 valence electrons. The van der Waals surface area contributed by atoms with Gasteiger partial charge in [-0.3, -0.25) is 4.79 Å². The molecule has 0 saturated carbocycles. The fourth-order valence-corrected chi connectivity index (χ4v) is 1.25. The minimum atomic E-state index is -1.26. The second kappa shape index (κ2) is 3.08. The van der Waals surface area contributed by atoms with Gasteiger partial charge in [0.05, 0.1) is 5.57 Å². The lowest BCUT2D eigenvalue weighted by Crippen LogP contribution is -2.32. The Morgan fingerprint density at radius 1 is 1.64 bits per heavy atom. The molecule has 0 amide bonds. The van der Waals surface area contributed by atoms with Crippen molar-refractivity contribution in [3.63, 3.8) is 0 Å². The first kappa shape index (κ1) is 8.64. The molecule has 6 nitrogen and oxygen atoms in total. The molecule has 2 rings (SSSR count). The molecule has 6 heteroatoms. The average Bonchev–Trinajstić information content (AvgIpc) is 2.18. The Labute approximate surface area is 78.5 Å². The first-order valence-electron chi connectivity index (χ1n) is 3.91. The lowest BCUT2D eigenvalue weighted by Gasteiger charge is -2.21. The number of nitrogens with one attached hydrogen (secondary N) is 1. The van der Waals surface area contributed by atoms with Crippen molar-refractivity contribution in [2.24, 2.45) is 0 Å². The second-order valence-corrected chi connectivity index (χ2v) is 2.76. The lowest BCUT2D eigenvalue weighted by molar-refractivity contribution is -0.106. The summed E-state index contributed by atoms with van der Waals surface area (Å²) in [6, 6.07) is 1.53. The molecule has 0 aromatic carbocycles. The Morgan fingerprint density at radius 2 is 2.43 bits per heavy atom. The van der Waals surface area contributed by atoms with Crippen LogP contribution >= 0.6 is 0 Å². The minimum Gasteiger partial charge on any atom is -0.369 e. The number of nitrogens with zero attached hydrogens (tertiary/aromatic N) is 2. The number of carbonyl (C=O) groups is 1. The predicted octanol–water partition coefficient (Wildman–Crippen LogP) is -0.758. The summed E-state index contributed by atoms with van der Waals surface area (Å²) in [6.07, 6.45) is 1.91. The molecule has 1 aromatic heterocycles. The van der Waals surface area contributed by atoms with Crippen LogP contribution in [0.1, 0.15) is 6.23 Å². The molecule has 1 aromatic rings. The first-order chi connectivity index (χ1) is 6.74. The molecule has 0 aliphatic carbocycles. The molecule has 0 spiro atoms. The van der Waals surface area contributed by atoms with Gasteiger partial charge in [0.25, 0.3) is 0 Å². The predicted molar refractivity (Wildman–Crippen MR) is 47.5 cm³/mol. The van der Waals surface area contributed by atoms with E-state index in [1.165, 1.54) is 18.5 Å². The van der Waals surface area contributed by atoms with Crippen LogP contribution in [0.3, 0.4) is 0 Å². The van der Waals surface area contributed by atoms with Crippen LogP contribution in [-0.2, 0) is 4.79 Å². The quantitative estimate of drug-likeness (QED) is 0.573. The molecular weight excluding hydrogens is 186 g/mol. The van der Waals surface area contributed by atoms with E-state index in [0.29, 0.717) is 12.1 Å². The van der Waals surface area contributed by atoms with Crippen LogP contribution in [0.2, 0.25) is 0 Å². The molecule has 1 atom stereocenters. The van der Waals surface area contributed by atoms with Gasteiger partial charge in [-0.1, -0.05) is 0 Å². The number of hydrogen-bond acceptors (Lipinski definition) is 5. The standard InChI is InChI=1S/C8H7N3O3/c12-4-5-3-10-6-1-2-9-8(14)11(6)7(5)13/h1-4,7,10,13H. The van der Waals surface area contributed by atoms with Crippen LogP contribution in [0.15, 0.2) is 28.8 Å². The Hall–Kier alpha value is -1.95. The molecule has 0 fully saturated rings. The Balaban J connectivity index is 2.60. The van der Waals surface area contributed by atoms with Crippen molar-refractivity contribution >= 4 is 12.1 Å².